The number of pyridine rings is 1. The summed E-state index contributed by atoms with van der Waals surface area (Å²) in [6.45, 7) is -0.0742. The van der Waals surface area contributed by atoms with E-state index in [0.717, 1.165) is 0 Å². The van der Waals surface area contributed by atoms with E-state index in [2.05, 4.69) is 10.3 Å². The Morgan fingerprint density at radius 2 is 2.00 bits per heavy atom. The molecule has 0 aliphatic carbocycles. The predicted octanol–water partition coefficient (Wildman–Crippen LogP) is 2.75. The monoisotopic (exact) mass is 262 g/mol. The van der Waals surface area contributed by atoms with Crippen molar-refractivity contribution in [3.63, 3.8) is 0 Å². The summed E-state index contributed by atoms with van der Waals surface area (Å²) < 4.78 is 5.30. The Morgan fingerprint density at radius 3 is 2.72 bits per heavy atom. The number of amides is 1. The van der Waals surface area contributed by atoms with Gasteiger partial charge in [-0.2, -0.15) is 0 Å². The largest absolute Gasteiger partial charge is 0.484 e. The van der Waals surface area contributed by atoms with E-state index in [1.54, 1.807) is 30.5 Å². The molecule has 4 nitrogen and oxygen atoms in total. The fourth-order valence-corrected chi connectivity index (χ4v) is 1.50. The molecule has 2 rings (SSSR count). The predicted molar refractivity (Wildman–Crippen MR) is 69.8 cm³/mol. The van der Waals surface area contributed by atoms with Gasteiger partial charge in [0.2, 0.25) is 0 Å². The highest BCUT2D eigenvalue weighted by atomic mass is 35.5. The first-order chi connectivity index (χ1) is 8.75. The zero-order valence-electron chi connectivity index (χ0n) is 9.47. The zero-order valence-corrected chi connectivity index (χ0v) is 10.2. The SMILES string of the molecule is O=C(COc1ccccc1)Nc1cccnc1Cl. The van der Waals surface area contributed by atoms with Gasteiger partial charge in [-0.05, 0) is 24.3 Å². The molecule has 5 heteroatoms. The van der Waals surface area contributed by atoms with Crippen LogP contribution in [0.3, 0.4) is 0 Å². The minimum Gasteiger partial charge on any atom is -0.484 e. The van der Waals surface area contributed by atoms with Crippen LogP contribution in [0, 0.1) is 0 Å². The summed E-state index contributed by atoms with van der Waals surface area (Å²) in [5, 5.41) is 2.88. The normalized spacial score (nSPS) is 9.83. The number of halogens is 1. The molecule has 2 aromatic rings. The van der Waals surface area contributed by atoms with E-state index in [1.165, 1.54) is 0 Å². The number of aromatic nitrogens is 1. The highest BCUT2D eigenvalue weighted by Gasteiger charge is 2.06. The van der Waals surface area contributed by atoms with Crippen molar-refractivity contribution in [1.82, 2.24) is 4.98 Å². The summed E-state index contributed by atoms with van der Waals surface area (Å²) in [5.41, 5.74) is 0.473. The highest BCUT2D eigenvalue weighted by Crippen LogP contribution is 2.17. The summed E-state index contributed by atoms with van der Waals surface area (Å²) >= 11 is 5.82. The first-order valence-electron chi connectivity index (χ1n) is 5.34. The Labute approximate surface area is 110 Å². The lowest BCUT2D eigenvalue weighted by atomic mass is 10.3. The standard InChI is InChI=1S/C13H11ClN2O2/c14-13-11(7-4-8-15-13)16-12(17)9-18-10-5-2-1-3-6-10/h1-8H,9H2,(H,16,17). The van der Waals surface area contributed by atoms with Crippen molar-refractivity contribution in [3.8, 4) is 5.75 Å². The van der Waals surface area contributed by atoms with Gasteiger partial charge in [-0.25, -0.2) is 4.98 Å². The number of hydrogen-bond acceptors (Lipinski definition) is 3. The van der Waals surface area contributed by atoms with Crippen LogP contribution in [0.5, 0.6) is 5.75 Å². The van der Waals surface area contributed by atoms with E-state index in [0.29, 0.717) is 11.4 Å². The number of para-hydroxylation sites is 1. The van der Waals surface area contributed by atoms with Crippen molar-refractivity contribution in [2.45, 2.75) is 0 Å². The number of hydrogen-bond donors (Lipinski definition) is 1. The Balaban J connectivity index is 1.88. The minimum atomic E-state index is -0.284. The fourth-order valence-electron chi connectivity index (χ4n) is 1.33. The van der Waals surface area contributed by atoms with E-state index in [-0.39, 0.29) is 17.7 Å². The topological polar surface area (TPSA) is 51.2 Å². The quantitative estimate of drug-likeness (QED) is 0.862. The molecular formula is C13H11ClN2O2. The Kier molecular flexibility index (Phi) is 4.15. The van der Waals surface area contributed by atoms with Crippen molar-refractivity contribution in [2.75, 3.05) is 11.9 Å². The van der Waals surface area contributed by atoms with Crippen LogP contribution in [-0.2, 0) is 4.79 Å². The average molecular weight is 263 g/mol. The van der Waals surface area contributed by atoms with Crippen LogP contribution in [0.15, 0.2) is 48.7 Å². The number of rotatable bonds is 4. The van der Waals surface area contributed by atoms with Crippen molar-refractivity contribution in [1.29, 1.82) is 0 Å². The molecule has 0 fully saturated rings. The Bertz CT molecular complexity index is 532. The van der Waals surface area contributed by atoms with Gasteiger partial charge in [0.05, 0.1) is 5.69 Å². The maximum atomic E-state index is 11.6. The van der Waals surface area contributed by atoms with Gasteiger partial charge >= 0.3 is 0 Å². The third kappa shape index (κ3) is 3.46. The molecular weight excluding hydrogens is 252 g/mol. The number of nitrogens with zero attached hydrogens (tertiary/aromatic N) is 1. The number of carbonyl (C=O) groups is 1. The lowest BCUT2D eigenvalue weighted by Gasteiger charge is -2.07. The van der Waals surface area contributed by atoms with Gasteiger partial charge in [-0.15, -0.1) is 0 Å². The molecule has 0 unspecified atom stereocenters. The van der Waals surface area contributed by atoms with Crippen molar-refractivity contribution < 1.29 is 9.53 Å². The number of carbonyl (C=O) groups excluding carboxylic acids is 1. The minimum absolute atomic E-state index is 0.0742. The maximum absolute atomic E-state index is 11.6. The molecule has 0 spiro atoms. The number of ether oxygens (including phenoxy) is 1. The summed E-state index contributed by atoms with van der Waals surface area (Å²) in [5.74, 6) is 0.360. The summed E-state index contributed by atoms with van der Waals surface area (Å²) in [7, 11) is 0. The number of benzene rings is 1. The van der Waals surface area contributed by atoms with Gasteiger partial charge in [0.25, 0.3) is 5.91 Å². The lowest BCUT2D eigenvalue weighted by molar-refractivity contribution is -0.118. The van der Waals surface area contributed by atoms with E-state index < -0.39 is 0 Å². The van der Waals surface area contributed by atoms with Gasteiger partial charge in [-0.1, -0.05) is 29.8 Å². The van der Waals surface area contributed by atoms with E-state index in [4.69, 9.17) is 16.3 Å². The third-order valence-corrected chi connectivity index (χ3v) is 2.45. The summed E-state index contributed by atoms with van der Waals surface area (Å²) in [4.78, 5) is 15.5. The second-order valence-corrected chi connectivity index (χ2v) is 3.85. The molecule has 0 radical (unpaired) electrons. The maximum Gasteiger partial charge on any atom is 0.262 e. The molecule has 1 amide bonds. The number of nitrogens with one attached hydrogen (secondary N) is 1. The molecule has 0 saturated carbocycles. The summed E-state index contributed by atoms with van der Waals surface area (Å²) in [6.07, 6.45) is 1.55. The van der Waals surface area contributed by atoms with Crippen LogP contribution in [-0.4, -0.2) is 17.5 Å². The van der Waals surface area contributed by atoms with Crippen LogP contribution in [0.4, 0.5) is 5.69 Å². The van der Waals surface area contributed by atoms with Crippen LogP contribution in [0.2, 0.25) is 5.15 Å². The second kappa shape index (κ2) is 6.02. The molecule has 0 bridgehead atoms. The van der Waals surface area contributed by atoms with Gasteiger partial charge in [0.1, 0.15) is 5.75 Å². The van der Waals surface area contributed by atoms with Crippen LogP contribution in [0.1, 0.15) is 0 Å². The second-order valence-electron chi connectivity index (χ2n) is 3.49. The molecule has 92 valence electrons. The van der Waals surface area contributed by atoms with Crippen LogP contribution in [0.25, 0.3) is 0 Å². The molecule has 1 aromatic carbocycles. The first kappa shape index (κ1) is 12.4. The molecule has 18 heavy (non-hydrogen) atoms. The zero-order chi connectivity index (χ0) is 12.8. The Morgan fingerprint density at radius 1 is 1.22 bits per heavy atom. The average Bonchev–Trinajstić information content (AvgIpc) is 2.40. The molecule has 0 aliphatic rings. The molecule has 1 heterocycles. The van der Waals surface area contributed by atoms with Gasteiger partial charge in [0, 0.05) is 6.20 Å². The van der Waals surface area contributed by atoms with Crippen LogP contribution >= 0.6 is 11.6 Å². The highest BCUT2D eigenvalue weighted by molar-refractivity contribution is 6.32. The van der Waals surface area contributed by atoms with Crippen molar-refractivity contribution in [2.24, 2.45) is 0 Å². The fraction of sp³-hybridized carbons (Fsp3) is 0.0769. The molecule has 0 saturated heterocycles. The lowest BCUT2D eigenvalue weighted by Crippen LogP contribution is -2.20. The third-order valence-electron chi connectivity index (χ3n) is 2.15. The molecule has 0 aliphatic heterocycles. The number of anilines is 1. The van der Waals surface area contributed by atoms with Gasteiger partial charge < -0.3 is 10.1 Å². The van der Waals surface area contributed by atoms with Crippen LogP contribution < -0.4 is 10.1 Å². The van der Waals surface area contributed by atoms with Crippen molar-refractivity contribution >= 4 is 23.2 Å². The molecule has 0 atom stereocenters. The smallest absolute Gasteiger partial charge is 0.262 e. The van der Waals surface area contributed by atoms with Gasteiger partial charge in [0.15, 0.2) is 11.8 Å². The van der Waals surface area contributed by atoms with E-state index >= 15 is 0 Å². The van der Waals surface area contributed by atoms with E-state index in [9.17, 15) is 4.79 Å². The first-order valence-corrected chi connectivity index (χ1v) is 5.72. The van der Waals surface area contributed by atoms with Gasteiger partial charge in [-0.3, -0.25) is 4.79 Å². The Hall–Kier alpha value is -2.07. The molecule has 1 aromatic heterocycles. The van der Waals surface area contributed by atoms with Crippen molar-refractivity contribution in [3.05, 3.63) is 53.8 Å². The van der Waals surface area contributed by atoms with E-state index in [1.807, 2.05) is 18.2 Å². The summed E-state index contributed by atoms with van der Waals surface area (Å²) in [6, 6.07) is 12.5. The molecule has 1 N–H and O–H groups in total.